The first-order valence-corrected chi connectivity index (χ1v) is 7.02. The molecular weight excluding hydrogens is 210 g/mol. The van der Waals surface area contributed by atoms with Crippen molar-refractivity contribution in [2.24, 2.45) is 5.92 Å². The number of nitrogens with zero attached hydrogens (tertiary/aromatic N) is 2. The lowest BCUT2D eigenvalue weighted by atomic mass is 9.97. The van der Waals surface area contributed by atoms with Crippen LogP contribution in [0.5, 0.6) is 0 Å². The molecule has 1 saturated carbocycles. The molecule has 0 radical (unpaired) electrons. The smallest absolute Gasteiger partial charge is 0.103 e. The molecule has 0 saturated heterocycles. The lowest BCUT2D eigenvalue weighted by Gasteiger charge is -2.25. The third-order valence-electron chi connectivity index (χ3n) is 3.63. The Balaban J connectivity index is 2.21. The Bertz CT molecular complexity index is 255. The van der Waals surface area contributed by atoms with E-state index >= 15 is 0 Å². The summed E-state index contributed by atoms with van der Waals surface area (Å²) in [4.78, 5) is 2.53. The lowest BCUT2D eigenvalue weighted by molar-refractivity contribution is 0.260. The number of rotatable bonds is 9. The van der Waals surface area contributed by atoms with Gasteiger partial charge in [-0.3, -0.25) is 5.32 Å². The Morgan fingerprint density at radius 1 is 1.41 bits per heavy atom. The first-order chi connectivity index (χ1) is 8.13. The second-order valence-electron chi connectivity index (χ2n) is 5.41. The van der Waals surface area contributed by atoms with Gasteiger partial charge in [0, 0.05) is 6.54 Å². The predicted octanol–water partition coefficient (Wildman–Crippen LogP) is 2.39. The minimum Gasteiger partial charge on any atom is -0.303 e. The van der Waals surface area contributed by atoms with E-state index in [1.165, 1.54) is 19.4 Å². The molecule has 17 heavy (non-hydrogen) atoms. The highest BCUT2D eigenvalue weighted by Gasteiger charge is 2.25. The third-order valence-corrected chi connectivity index (χ3v) is 3.63. The van der Waals surface area contributed by atoms with E-state index in [2.05, 4.69) is 30.1 Å². The molecule has 0 aromatic carbocycles. The summed E-state index contributed by atoms with van der Waals surface area (Å²) in [6.45, 7) is 10.7. The number of nitrogens with one attached hydrogen (secondary N) is 1. The largest absolute Gasteiger partial charge is 0.303 e. The highest BCUT2D eigenvalue weighted by Crippen LogP contribution is 2.29. The molecule has 0 heterocycles. The van der Waals surface area contributed by atoms with Crippen molar-refractivity contribution in [3.63, 3.8) is 0 Å². The summed E-state index contributed by atoms with van der Waals surface area (Å²) in [7, 11) is 0. The fourth-order valence-electron chi connectivity index (χ4n) is 2.27. The van der Waals surface area contributed by atoms with E-state index in [1.807, 2.05) is 6.92 Å². The predicted molar refractivity (Wildman–Crippen MR) is 71.8 cm³/mol. The highest BCUT2D eigenvalue weighted by molar-refractivity contribution is 5.03. The zero-order valence-electron chi connectivity index (χ0n) is 11.6. The van der Waals surface area contributed by atoms with Crippen molar-refractivity contribution in [2.75, 3.05) is 26.2 Å². The molecule has 0 aromatic rings. The summed E-state index contributed by atoms with van der Waals surface area (Å²) in [5.74, 6) is 0.964. The monoisotopic (exact) mass is 237 g/mol. The molecule has 1 aliphatic carbocycles. The van der Waals surface area contributed by atoms with Gasteiger partial charge in [0.25, 0.3) is 0 Å². The van der Waals surface area contributed by atoms with Crippen molar-refractivity contribution in [2.45, 2.75) is 52.0 Å². The van der Waals surface area contributed by atoms with Crippen LogP contribution in [-0.2, 0) is 0 Å². The van der Waals surface area contributed by atoms with Gasteiger partial charge >= 0.3 is 0 Å². The van der Waals surface area contributed by atoms with E-state index in [1.54, 1.807) is 0 Å². The van der Waals surface area contributed by atoms with Gasteiger partial charge in [-0.25, -0.2) is 0 Å². The minimum absolute atomic E-state index is 0.340. The van der Waals surface area contributed by atoms with Crippen molar-refractivity contribution in [1.82, 2.24) is 10.2 Å². The minimum atomic E-state index is -0.340. The fraction of sp³-hybridized carbons (Fsp3) is 0.929. The molecule has 0 aromatic heterocycles. The second kappa shape index (κ2) is 6.98. The topological polar surface area (TPSA) is 39.1 Å². The number of hydrogen-bond acceptors (Lipinski definition) is 3. The van der Waals surface area contributed by atoms with Crippen LogP contribution in [0.2, 0.25) is 0 Å². The normalized spacial score (nSPS) is 19.0. The van der Waals surface area contributed by atoms with Crippen LogP contribution in [0.4, 0.5) is 0 Å². The van der Waals surface area contributed by atoms with Crippen LogP contribution in [0, 0.1) is 17.2 Å². The standard InChI is InChI=1S/C14H27N3/c1-4-16-14(3,12-15)9-6-10-17(5-2)11-13-7-8-13/h13,16H,4-11H2,1-3H3. The maximum absolute atomic E-state index is 9.17. The van der Waals surface area contributed by atoms with Crippen molar-refractivity contribution in [3.8, 4) is 6.07 Å². The first kappa shape index (κ1) is 14.5. The summed E-state index contributed by atoms with van der Waals surface area (Å²) < 4.78 is 0. The molecule has 3 nitrogen and oxygen atoms in total. The number of hydrogen-bond donors (Lipinski definition) is 1. The first-order valence-electron chi connectivity index (χ1n) is 7.02. The van der Waals surface area contributed by atoms with Crippen LogP contribution in [0.25, 0.3) is 0 Å². The molecule has 98 valence electrons. The van der Waals surface area contributed by atoms with Crippen LogP contribution < -0.4 is 5.32 Å². The zero-order chi connectivity index (χ0) is 12.7. The molecule has 0 amide bonds. The van der Waals surface area contributed by atoms with Crippen LogP contribution in [-0.4, -0.2) is 36.6 Å². The molecule has 1 unspecified atom stereocenters. The van der Waals surface area contributed by atoms with Crippen LogP contribution in [0.3, 0.4) is 0 Å². The Kier molecular flexibility index (Phi) is 5.94. The van der Waals surface area contributed by atoms with Gasteiger partial charge in [-0.15, -0.1) is 0 Å². The Morgan fingerprint density at radius 3 is 2.59 bits per heavy atom. The summed E-state index contributed by atoms with van der Waals surface area (Å²) in [6.07, 6.45) is 4.89. The maximum atomic E-state index is 9.17. The summed E-state index contributed by atoms with van der Waals surface area (Å²) in [5, 5.41) is 12.4. The molecule has 1 aliphatic rings. The van der Waals surface area contributed by atoms with Crippen LogP contribution in [0.15, 0.2) is 0 Å². The SMILES string of the molecule is CCNC(C)(C#N)CCCN(CC)CC1CC1. The average molecular weight is 237 g/mol. The lowest BCUT2D eigenvalue weighted by Crippen LogP contribution is -2.41. The number of nitriles is 1. The Morgan fingerprint density at radius 2 is 2.12 bits per heavy atom. The third kappa shape index (κ3) is 5.52. The van der Waals surface area contributed by atoms with E-state index in [0.717, 1.165) is 38.4 Å². The summed E-state index contributed by atoms with van der Waals surface area (Å²) >= 11 is 0. The van der Waals surface area contributed by atoms with E-state index in [0.29, 0.717) is 0 Å². The molecule has 0 aliphatic heterocycles. The molecule has 1 atom stereocenters. The van der Waals surface area contributed by atoms with Gasteiger partial charge in [0.15, 0.2) is 0 Å². The Labute approximate surface area is 106 Å². The molecule has 1 fully saturated rings. The molecule has 1 N–H and O–H groups in total. The molecular formula is C14H27N3. The van der Waals surface area contributed by atoms with E-state index in [4.69, 9.17) is 5.26 Å². The van der Waals surface area contributed by atoms with Gasteiger partial charge in [-0.1, -0.05) is 13.8 Å². The van der Waals surface area contributed by atoms with Gasteiger partial charge < -0.3 is 4.90 Å². The van der Waals surface area contributed by atoms with Crippen molar-refractivity contribution in [3.05, 3.63) is 0 Å². The maximum Gasteiger partial charge on any atom is 0.103 e. The molecule has 0 spiro atoms. The van der Waals surface area contributed by atoms with E-state index in [9.17, 15) is 0 Å². The van der Waals surface area contributed by atoms with Crippen molar-refractivity contribution in [1.29, 1.82) is 5.26 Å². The second-order valence-corrected chi connectivity index (χ2v) is 5.41. The van der Waals surface area contributed by atoms with Crippen molar-refractivity contribution < 1.29 is 0 Å². The highest BCUT2D eigenvalue weighted by atomic mass is 15.1. The molecule has 1 rings (SSSR count). The Hall–Kier alpha value is -0.590. The average Bonchev–Trinajstić information content (AvgIpc) is 3.12. The molecule has 3 heteroatoms. The van der Waals surface area contributed by atoms with Gasteiger partial charge in [0.2, 0.25) is 0 Å². The quantitative estimate of drug-likeness (QED) is 0.669. The van der Waals surface area contributed by atoms with Gasteiger partial charge in [-0.2, -0.15) is 5.26 Å². The van der Waals surface area contributed by atoms with Gasteiger partial charge in [0.05, 0.1) is 6.07 Å². The van der Waals surface area contributed by atoms with E-state index in [-0.39, 0.29) is 5.54 Å². The zero-order valence-corrected chi connectivity index (χ0v) is 11.6. The summed E-state index contributed by atoms with van der Waals surface area (Å²) in [6, 6.07) is 2.39. The van der Waals surface area contributed by atoms with Crippen LogP contribution in [0.1, 0.15) is 46.5 Å². The van der Waals surface area contributed by atoms with Gasteiger partial charge in [-0.05, 0) is 58.2 Å². The van der Waals surface area contributed by atoms with Gasteiger partial charge in [0.1, 0.15) is 5.54 Å². The molecule has 0 bridgehead atoms. The summed E-state index contributed by atoms with van der Waals surface area (Å²) in [5.41, 5.74) is -0.340. The fourth-order valence-corrected chi connectivity index (χ4v) is 2.27. The van der Waals surface area contributed by atoms with E-state index < -0.39 is 0 Å². The van der Waals surface area contributed by atoms with Crippen molar-refractivity contribution >= 4 is 0 Å². The van der Waals surface area contributed by atoms with Crippen LogP contribution >= 0.6 is 0 Å².